The van der Waals surface area contributed by atoms with Gasteiger partial charge in [-0.25, -0.2) is 9.97 Å². The standard InChI is InChI=1S/C22H19N3OS/c1-13-7-8-18(14(2)9-13)19-11-27-22-20(19)21(23-12-24-22)25-17-6-4-5-16(10-17)15(3)26/h4-12H,1-3H3,(H,23,24,25). The van der Waals surface area contributed by atoms with Crippen LogP contribution in [0.15, 0.2) is 54.2 Å². The third-order valence-electron chi connectivity index (χ3n) is 4.57. The van der Waals surface area contributed by atoms with Gasteiger partial charge in [-0.2, -0.15) is 0 Å². The second-order valence-electron chi connectivity index (χ2n) is 6.63. The minimum atomic E-state index is 0.0398. The molecule has 27 heavy (non-hydrogen) atoms. The Morgan fingerprint density at radius 2 is 1.89 bits per heavy atom. The van der Waals surface area contributed by atoms with Crippen molar-refractivity contribution in [2.75, 3.05) is 5.32 Å². The summed E-state index contributed by atoms with van der Waals surface area (Å²) >= 11 is 1.61. The second-order valence-corrected chi connectivity index (χ2v) is 7.49. The summed E-state index contributed by atoms with van der Waals surface area (Å²) in [6.07, 6.45) is 1.57. The summed E-state index contributed by atoms with van der Waals surface area (Å²) in [5.41, 5.74) is 6.28. The first-order chi connectivity index (χ1) is 13.0. The summed E-state index contributed by atoms with van der Waals surface area (Å²) in [6.45, 7) is 5.79. The lowest BCUT2D eigenvalue weighted by Crippen LogP contribution is -1.98. The van der Waals surface area contributed by atoms with Gasteiger partial charge >= 0.3 is 0 Å². The average molecular weight is 373 g/mol. The molecule has 0 aliphatic carbocycles. The van der Waals surface area contributed by atoms with Crippen LogP contribution in [0.25, 0.3) is 21.3 Å². The quantitative estimate of drug-likeness (QED) is 0.451. The minimum Gasteiger partial charge on any atom is -0.340 e. The molecule has 0 aliphatic rings. The Labute approximate surface area is 161 Å². The van der Waals surface area contributed by atoms with Gasteiger partial charge in [0.25, 0.3) is 0 Å². The van der Waals surface area contributed by atoms with Gasteiger partial charge in [-0.1, -0.05) is 35.9 Å². The second kappa shape index (κ2) is 6.93. The molecule has 1 N–H and O–H groups in total. The summed E-state index contributed by atoms with van der Waals surface area (Å²) in [7, 11) is 0. The Bertz CT molecular complexity index is 1160. The Hall–Kier alpha value is -3.05. The number of Topliss-reactive ketones (excluding diaryl/α,β-unsaturated/α-hetero) is 1. The predicted molar refractivity (Wildman–Crippen MR) is 112 cm³/mol. The SMILES string of the molecule is CC(=O)c1cccc(Nc2ncnc3scc(-c4ccc(C)cc4C)c23)c1. The zero-order valence-electron chi connectivity index (χ0n) is 15.4. The van der Waals surface area contributed by atoms with Crippen molar-refractivity contribution in [3.8, 4) is 11.1 Å². The number of rotatable bonds is 4. The first kappa shape index (κ1) is 17.4. The van der Waals surface area contributed by atoms with Crippen LogP contribution in [0.5, 0.6) is 0 Å². The lowest BCUT2D eigenvalue weighted by atomic mass is 9.99. The van der Waals surface area contributed by atoms with Crippen molar-refractivity contribution in [1.29, 1.82) is 0 Å². The molecule has 0 fully saturated rings. The molecule has 134 valence electrons. The minimum absolute atomic E-state index is 0.0398. The first-order valence-corrected chi connectivity index (χ1v) is 9.59. The maximum atomic E-state index is 11.7. The topological polar surface area (TPSA) is 54.9 Å². The molecule has 2 heterocycles. The van der Waals surface area contributed by atoms with Gasteiger partial charge in [0.15, 0.2) is 5.78 Å². The van der Waals surface area contributed by atoms with E-state index in [1.165, 1.54) is 16.7 Å². The van der Waals surface area contributed by atoms with Gasteiger partial charge < -0.3 is 5.32 Å². The van der Waals surface area contributed by atoms with Crippen LogP contribution in [-0.2, 0) is 0 Å². The number of anilines is 2. The first-order valence-electron chi connectivity index (χ1n) is 8.71. The molecule has 0 unspecified atom stereocenters. The third kappa shape index (κ3) is 3.34. The van der Waals surface area contributed by atoms with Crippen LogP contribution in [0.2, 0.25) is 0 Å². The molecule has 0 saturated heterocycles. The number of aryl methyl sites for hydroxylation is 2. The molecule has 0 radical (unpaired) electrons. The Morgan fingerprint density at radius 3 is 2.67 bits per heavy atom. The molecule has 0 saturated carbocycles. The Balaban J connectivity index is 1.83. The lowest BCUT2D eigenvalue weighted by Gasteiger charge is -2.11. The van der Waals surface area contributed by atoms with Gasteiger partial charge in [-0.05, 0) is 44.0 Å². The van der Waals surface area contributed by atoms with E-state index in [1.807, 2.05) is 24.3 Å². The molecule has 4 aromatic rings. The number of hydrogen-bond acceptors (Lipinski definition) is 5. The van der Waals surface area contributed by atoms with Crippen molar-refractivity contribution in [3.63, 3.8) is 0 Å². The fourth-order valence-electron chi connectivity index (χ4n) is 3.24. The fraction of sp³-hybridized carbons (Fsp3) is 0.136. The highest BCUT2D eigenvalue weighted by Gasteiger charge is 2.15. The predicted octanol–water partition coefficient (Wildman–Crippen LogP) is 5.92. The molecule has 4 nitrogen and oxygen atoms in total. The fourth-order valence-corrected chi connectivity index (χ4v) is 4.14. The van der Waals surface area contributed by atoms with E-state index in [4.69, 9.17) is 0 Å². The van der Waals surface area contributed by atoms with Crippen molar-refractivity contribution < 1.29 is 4.79 Å². The lowest BCUT2D eigenvalue weighted by molar-refractivity contribution is 0.101. The molecule has 2 aromatic carbocycles. The largest absolute Gasteiger partial charge is 0.340 e. The van der Waals surface area contributed by atoms with Crippen molar-refractivity contribution in [2.45, 2.75) is 20.8 Å². The molecule has 0 bridgehead atoms. The van der Waals surface area contributed by atoms with Crippen LogP contribution in [0.4, 0.5) is 11.5 Å². The van der Waals surface area contributed by atoms with Crippen molar-refractivity contribution in [1.82, 2.24) is 9.97 Å². The van der Waals surface area contributed by atoms with Gasteiger partial charge in [0.1, 0.15) is 17.0 Å². The average Bonchev–Trinajstić information content (AvgIpc) is 3.07. The van der Waals surface area contributed by atoms with Crippen LogP contribution < -0.4 is 5.32 Å². The maximum absolute atomic E-state index is 11.7. The van der Waals surface area contributed by atoms with Crippen LogP contribution in [0.3, 0.4) is 0 Å². The van der Waals surface area contributed by atoms with Gasteiger partial charge in [-0.3, -0.25) is 4.79 Å². The Morgan fingerprint density at radius 1 is 1.04 bits per heavy atom. The number of hydrogen-bond donors (Lipinski definition) is 1. The molecular formula is C22H19N3OS. The Kier molecular flexibility index (Phi) is 4.46. The number of ketones is 1. The van der Waals surface area contributed by atoms with E-state index in [1.54, 1.807) is 24.6 Å². The van der Waals surface area contributed by atoms with Crippen molar-refractivity contribution in [3.05, 3.63) is 70.9 Å². The highest BCUT2D eigenvalue weighted by atomic mass is 32.1. The molecule has 4 rings (SSSR count). The third-order valence-corrected chi connectivity index (χ3v) is 5.46. The van der Waals surface area contributed by atoms with E-state index in [9.17, 15) is 4.79 Å². The number of aromatic nitrogens is 2. The summed E-state index contributed by atoms with van der Waals surface area (Å²) in [5, 5.41) is 6.51. The van der Waals surface area contributed by atoms with Gasteiger partial charge in [-0.15, -0.1) is 11.3 Å². The monoisotopic (exact) mass is 373 g/mol. The maximum Gasteiger partial charge on any atom is 0.159 e. The van der Waals surface area contributed by atoms with E-state index >= 15 is 0 Å². The molecule has 0 atom stereocenters. The summed E-state index contributed by atoms with van der Waals surface area (Å²) in [5.74, 6) is 0.787. The zero-order chi connectivity index (χ0) is 19.0. The highest BCUT2D eigenvalue weighted by Crippen LogP contribution is 2.38. The van der Waals surface area contributed by atoms with Crippen molar-refractivity contribution >= 4 is 38.8 Å². The smallest absolute Gasteiger partial charge is 0.159 e. The number of thiophene rings is 1. The summed E-state index contributed by atoms with van der Waals surface area (Å²) in [4.78, 5) is 21.5. The van der Waals surface area contributed by atoms with E-state index in [2.05, 4.69) is 52.7 Å². The van der Waals surface area contributed by atoms with Gasteiger partial charge in [0, 0.05) is 22.2 Å². The zero-order valence-corrected chi connectivity index (χ0v) is 16.2. The summed E-state index contributed by atoms with van der Waals surface area (Å²) in [6, 6.07) is 13.9. The van der Waals surface area contributed by atoms with Crippen LogP contribution in [0.1, 0.15) is 28.4 Å². The molecule has 0 amide bonds. The number of benzene rings is 2. The normalized spacial score (nSPS) is 10.9. The number of fused-ring (bicyclic) bond motifs is 1. The van der Waals surface area contributed by atoms with Crippen molar-refractivity contribution in [2.24, 2.45) is 0 Å². The molecule has 0 aliphatic heterocycles. The highest BCUT2D eigenvalue weighted by molar-refractivity contribution is 7.17. The van der Waals surface area contributed by atoms with E-state index in [0.717, 1.165) is 27.3 Å². The molecule has 2 aromatic heterocycles. The number of nitrogens with zero attached hydrogens (tertiary/aromatic N) is 2. The number of carbonyl (C=O) groups excluding carboxylic acids is 1. The van der Waals surface area contributed by atoms with Gasteiger partial charge in [0.2, 0.25) is 0 Å². The number of carbonyl (C=O) groups is 1. The molecule has 0 spiro atoms. The van der Waals surface area contributed by atoms with Crippen LogP contribution >= 0.6 is 11.3 Å². The van der Waals surface area contributed by atoms with Gasteiger partial charge in [0.05, 0.1) is 5.39 Å². The molecule has 5 heteroatoms. The van der Waals surface area contributed by atoms with E-state index < -0.39 is 0 Å². The van der Waals surface area contributed by atoms with Crippen LogP contribution in [0, 0.1) is 13.8 Å². The number of nitrogens with one attached hydrogen (secondary N) is 1. The van der Waals surface area contributed by atoms with E-state index in [0.29, 0.717) is 5.56 Å². The van der Waals surface area contributed by atoms with E-state index in [-0.39, 0.29) is 5.78 Å². The molecular weight excluding hydrogens is 354 g/mol. The summed E-state index contributed by atoms with van der Waals surface area (Å²) < 4.78 is 0. The van der Waals surface area contributed by atoms with Crippen LogP contribution in [-0.4, -0.2) is 15.8 Å².